The SMILES string of the molecule is CCCCCSc1ccc(N)c2cccnc12. The van der Waals surface area contributed by atoms with Gasteiger partial charge >= 0.3 is 0 Å². The zero-order valence-electron chi connectivity index (χ0n) is 10.1. The number of nitrogen functional groups attached to an aromatic ring is 1. The summed E-state index contributed by atoms with van der Waals surface area (Å²) in [6.45, 7) is 2.23. The standard InChI is InChI=1S/C14H18N2S/c1-2-3-4-10-17-13-8-7-12(15)11-6-5-9-16-14(11)13/h5-9H,2-4,10,15H2,1H3. The fourth-order valence-electron chi connectivity index (χ4n) is 1.82. The molecular formula is C14H18N2S. The molecule has 0 aliphatic heterocycles. The summed E-state index contributed by atoms with van der Waals surface area (Å²) in [6, 6.07) is 8.03. The minimum Gasteiger partial charge on any atom is -0.398 e. The van der Waals surface area contributed by atoms with Crippen molar-refractivity contribution in [3.05, 3.63) is 30.5 Å². The summed E-state index contributed by atoms with van der Waals surface area (Å²) in [5.41, 5.74) is 7.80. The number of anilines is 1. The van der Waals surface area contributed by atoms with Gasteiger partial charge in [-0.15, -0.1) is 11.8 Å². The molecule has 0 aliphatic carbocycles. The maximum Gasteiger partial charge on any atom is 0.0858 e. The van der Waals surface area contributed by atoms with Gasteiger partial charge in [-0.3, -0.25) is 4.98 Å². The van der Waals surface area contributed by atoms with Gasteiger partial charge in [-0.05, 0) is 36.4 Å². The molecule has 90 valence electrons. The van der Waals surface area contributed by atoms with E-state index < -0.39 is 0 Å². The number of fused-ring (bicyclic) bond motifs is 1. The normalized spacial score (nSPS) is 10.9. The number of benzene rings is 1. The molecule has 0 aliphatic rings. The Morgan fingerprint density at radius 1 is 1.24 bits per heavy atom. The van der Waals surface area contributed by atoms with E-state index >= 15 is 0 Å². The van der Waals surface area contributed by atoms with Crippen molar-refractivity contribution >= 4 is 28.4 Å². The molecule has 0 saturated carbocycles. The van der Waals surface area contributed by atoms with Crippen molar-refractivity contribution < 1.29 is 0 Å². The maximum absolute atomic E-state index is 5.95. The van der Waals surface area contributed by atoms with Crippen LogP contribution in [0.15, 0.2) is 35.4 Å². The molecule has 3 heteroatoms. The van der Waals surface area contributed by atoms with E-state index in [0.717, 1.165) is 22.3 Å². The number of nitrogens with zero attached hydrogens (tertiary/aromatic N) is 1. The summed E-state index contributed by atoms with van der Waals surface area (Å²) >= 11 is 1.88. The molecule has 0 saturated heterocycles. The minimum absolute atomic E-state index is 0.811. The molecule has 2 N–H and O–H groups in total. The molecule has 2 rings (SSSR count). The molecule has 1 heterocycles. The fraction of sp³-hybridized carbons (Fsp3) is 0.357. The summed E-state index contributed by atoms with van der Waals surface area (Å²) in [7, 11) is 0. The van der Waals surface area contributed by atoms with E-state index in [4.69, 9.17) is 5.73 Å². The van der Waals surface area contributed by atoms with Crippen molar-refractivity contribution in [1.82, 2.24) is 4.98 Å². The summed E-state index contributed by atoms with van der Waals surface area (Å²) in [6.07, 6.45) is 5.66. The van der Waals surface area contributed by atoms with E-state index in [1.165, 1.54) is 24.2 Å². The lowest BCUT2D eigenvalue weighted by atomic mass is 10.2. The predicted octanol–water partition coefficient (Wildman–Crippen LogP) is 4.10. The first-order valence-corrected chi connectivity index (χ1v) is 7.07. The number of pyridine rings is 1. The van der Waals surface area contributed by atoms with Crippen LogP contribution in [-0.2, 0) is 0 Å². The first-order chi connectivity index (χ1) is 8.33. The third-order valence-corrected chi connectivity index (χ3v) is 3.91. The second-order valence-corrected chi connectivity index (χ2v) is 5.24. The Hall–Kier alpha value is -1.22. The zero-order valence-corrected chi connectivity index (χ0v) is 11.0. The van der Waals surface area contributed by atoms with Crippen LogP contribution in [0.25, 0.3) is 10.9 Å². The number of aromatic nitrogens is 1. The Balaban J connectivity index is 2.20. The van der Waals surface area contributed by atoms with Crippen molar-refractivity contribution in [2.45, 2.75) is 31.1 Å². The lowest BCUT2D eigenvalue weighted by Gasteiger charge is -2.07. The van der Waals surface area contributed by atoms with Gasteiger partial charge < -0.3 is 5.73 Å². The van der Waals surface area contributed by atoms with Crippen LogP contribution in [0.3, 0.4) is 0 Å². The van der Waals surface area contributed by atoms with E-state index in [1.807, 2.05) is 36.2 Å². The van der Waals surface area contributed by atoms with E-state index in [1.54, 1.807) is 0 Å². The predicted molar refractivity (Wildman–Crippen MR) is 76.4 cm³/mol. The first kappa shape index (κ1) is 12.2. The van der Waals surface area contributed by atoms with Crippen molar-refractivity contribution in [3.8, 4) is 0 Å². The van der Waals surface area contributed by atoms with Crippen LogP contribution < -0.4 is 5.73 Å². The maximum atomic E-state index is 5.95. The van der Waals surface area contributed by atoms with Gasteiger partial charge in [-0.1, -0.05) is 19.8 Å². The van der Waals surface area contributed by atoms with Gasteiger partial charge in [0.1, 0.15) is 0 Å². The van der Waals surface area contributed by atoms with Crippen LogP contribution in [0.2, 0.25) is 0 Å². The summed E-state index contributed by atoms with van der Waals surface area (Å²) < 4.78 is 0. The quantitative estimate of drug-likeness (QED) is 0.490. The number of hydrogen-bond donors (Lipinski definition) is 1. The lowest BCUT2D eigenvalue weighted by molar-refractivity contribution is 0.778. The van der Waals surface area contributed by atoms with Crippen molar-refractivity contribution in [3.63, 3.8) is 0 Å². The fourth-order valence-corrected chi connectivity index (χ4v) is 2.85. The second kappa shape index (κ2) is 5.92. The van der Waals surface area contributed by atoms with E-state index in [9.17, 15) is 0 Å². The van der Waals surface area contributed by atoms with Gasteiger partial charge in [0.2, 0.25) is 0 Å². The molecule has 2 aromatic rings. The van der Waals surface area contributed by atoms with Crippen molar-refractivity contribution in [2.75, 3.05) is 11.5 Å². The smallest absolute Gasteiger partial charge is 0.0858 e. The molecule has 0 amide bonds. The van der Waals surface area contributed by atoms with Crippen molar-refractivity contribution in [1.29, 1.82) is 0 Å². The van der Waals surface area contributed by atoms with Gasteiger partial charge in [-0.2, -0.15) is 0 Å². The van der Waals surface area contributed by atoms with Gasteiger partial charge in [-0.25, -0.2) is 0 Å². The molecule has 0 fully saturated rings. The highest BCUT2D eigenvalue weighted by atomic mass is 32.2. The van der Waals surface area contributed by atoms with Crippen LogP contribution in [0.1, 0.15) is 26.2 Å². The number of hydrogen-bond acceptors (Lipinski definition) is 3. The lowest BCUT2D eigenvalue weighted by Crippen LogP contribution is -1.90. The van der Waals surface area contributed by atoms with Gasteiger partial charge in [0.25, 0.3) is 0 Å². The molecule has 0 bridgehead atoms. The number of unbranched alkanes of at least 4 members (excludes halogenated alkanes) is 2. The summed E-state index contributed by atoms with van der Waals surface area (Å²) in [5.74, 6) is 1.16. The van der Waals surface area contributed by atoms with Gasteiger partial charge in [0, 0.05) is 22.2 Å². The highest BCUT2D eigenvalue weighted by Crippen LogP contribution is 2.30. The molecule has 1 aromatic carbocycles. The molecule has 17 heavy (non-hydrogen) atoms. The number of nitrogens with two attached hydrogens (primary N) is 1. The Bertz CT molecular complexity index is 497. The van der Waals surface area contributed by atoms with Gasteiger partial charge in [0.15, 0.2) is 0 Å². The van der Waals surface area contributed by atoms with E-state index in [0.29, 0.717) is 0 Å². The highest BCUT2D eigenvalue weighted by molar-refractivity contribution is 7.99. The van der Waals surface area contributed by atoms with E-state index in [2.05, 4.69) is 18.0 Å². The molecule has 0 spiro atoms. The summed E-state index contributed by atoms with van der Waals surface area (Å²) in [4.78, 5) is 5.68. The molecule has 0 unspecified atom stereocenters. The van der Waals surface area contributed by atoms with Crippen LogP contribution in [-0.4, -0.2) is 10.7 Å². The summed E-state index contributed by atoms with van der Waals surface area (Å²) in [5, 5.41) is 1.06. The molecule has 2 nitrogen and oxygen atoms in total. The topological polar surface area (TPSA) is 38.9 Å². The van der Waals surface area contributed by atoms with Crippen LogP contribution in [0.4, 0.5) is 5.69 Å². The van der Waals surface area contributed by atoms with Crippen molar-refractivity contribution in [2.24, 2.45) is 0 Å². The average Bonchev–Trinajstić information content (AvgIpc) is 2.37. The minimum atomic E-state index is 0.811. The van der Waals surface area contributed by atoms with Gasteiger partial charge in [0.05, 0.1) is 5.52 Å². The molecular weight excluding hydrogens is 228 g/mol. The third-order valence-electron chi connectivity index (χ3n) is 2.77. The highest BCUT2D eigenvalue weighted by Gasteiger charge is 2.04. The van der Waals surface area contributed by atoms with Crippen LogP contribution >= 0.6 is 11.8 Å². The Kier molecular flexibility index (Phi) is 4.26. The first-order valence-electron chi connectivity index (χ1n) is 6.09. The average molecular weight is 246 g/mol. The van der Waals surface area contributed by atoms with Crippen LogP contribution in [0.5, 0.6) is 0 Å². The van der Waals surface area contributed by atoms with Crippen LogP contribution in [0, 0.1) is 0 Å². The van der Waals surface area contributed by atoms with E-state index in [-0.39, 0.29) is 0 Å². The monoisotopic (exact) mass is 246 g/mol. The largest absolute Gasteiger partial charge is 0.398 e. The second-order valence-electron chi connectivity index (χ2n) is 4.11. The Labute approximate surface area is 107 Å². The Morgan fingerprint density at radius 2 is 2.12 bits per heavy atom. The number of rotatable bonds is 5. The Morgan fingerprint density at radius 3 is 2.94 bits per heavy atom. The molecule has 0 atom stereocenters. The molecule has 1 aromatic heterocycles. The number of thioether (sulfide) groups is 1. The zero-order chi connectivity index (χ0) is 12.1. The third kappa shape index (κ3) is 2.91. The molecule has 0 radical (unpaired) electrons.